The van der Waals surface area contributed by atoms with Gasteiger partial charge in [-0.25, -0.2) is 13.2 Å². The SMILES string of the molecule is O=C(O)c1ccc(S(=O)(=O)N2CCCOCC2)o1. The molecular formula is C10H13NO6S. The molecule has 2 rings (SSSR count). The van der Waals surface area contributed by atoms with Gasteiger partial charge in [-0.1, -0.05) is 0 Å². The van der Waals surface area contributed by atoms with Gasteiger partial charge in [0.15, 0.2) is 0 Å². The summed E-state index contributed by atoms with van der Waals surface area (Å²) in [4.78, 5) is 10.7. The first-order valence-electron chi connectivity index (χ1n) is 5.43. The van der Waals surface area contributed by atoms with Crippen LogP contribution in [0.15, 0.2) is 21.6 Å². The summed E-state index contributed by atoms with van der Waals surface area (Å²) in [6.45, 7) is 1.42. The van der Waals surface area contributed by atoms with E-state index in [0.29, 0.717) is 26.2 Å². The summed E-state index contributed by atoms with van der Waals surface area (Å²) in [5.41, 5.74) is 0. The second kappa shape index (κ2) is 5.09. The minimum atomic E-state index is -3.77. The quantitative estimate of drug-likeness (QED) is 0.857. The van der Waals surface area contributed by atoms with Crippen LogP contribution >= 0.6 is 0 Å². The Balaban J connectivity index is 2.25. The molecule has 0 aliphatic carbocycles. The fourth-order valence-electron chi connectivity index (χ4n) is 1.66. The van der Waals surface area contributed by atoms with Crippen LogP contribution in [0.5, 0.6) is 0 Å². The van der Waals surface area contributed by atoms with Gasteiger partial charge in [-0.3, -0.25) is 0 Å². The lowest BCUT2D eigenvalue weighted by Gasteiger charge is -2.17. The molecule has 1 fully saturated rings. The van der Waals surface area contributed by atoms with E-state index in [9.17, 15) is 13.2 Å². The Kier molecular flexibility index (Phi) is 3.69. The highest BCUT2D eigenvalue weighted by Gasteiger charge is 2.29. The fourth-order valence-corrected chi connectivity index (χ4v) is 3.04. The molecule has 0 spiro atoms. The maximum Gasteiger partial charge on any atom is 0.371 e. The van der Waals surface area contributed by atoms with Gasteiger partial charge in [0, 0.05) is 19.7 Å². The van der Waals surface area contributed by atoms with E-state index in [4.69, 9.17) is 14.3 Å². The highest BCUT2D eigenvalue weighted by Crippen LogP contribution is 2.19. The fraction of sp³-hybridized carbons (Fsp3) is 0.500. The number of hydrogen-bond donors (Lipinski definition) is 1. The third-order valence-corrected chi connectivity index (χ3v) is 4.34. The molecule has 0 saturated carbocycles. The maximum absolute atomic E-state index is 12.2. The van der Waals surface area contributed by atoms with Gasteiger partial charge in [-0.2, -0.15) is 4.31 Å². The van der Waals surface area contributed by atoms with Gasteiger partial charge >= 0.3 is 5.97 Å². The van der Waals surface area contributed by atoms with Crippen molar-refractivity contribution in [3.05, 3.63) is 17.9 Å². The Morgan fingerprint density at radius 1 is 1.28 bits per heavy atom. The van der Waals surface area contributed by atoms with Crippen LogP contribution in [0.4, 0.5) is 0 Å². The zero-order valence-corrected chi connectivity index (χ0v) is 10.4. The number of ether oxygens (including phenoxy) is 1. The zero-order chi connectivity index (χ0) is 13.2. The Morgan fingerprint density at radius 3 is 2.72 bits per heavy atom. The van der Waals surface area contributed by atoms with E-state index >= 15 is 0 Å². The predicted octanol–water partition coefficient (Wildman–Crippen LogP) is 0.389. The van der Waals surface area contributed by atoms with E-state index in [2.05, 4.69) is 0 Å². The number of rotatable bonds is 3. The Hall–Kier alpha value is -1.38. The lowest BCUT2D eigenvalue weighted by atomic mass is 10.5. The van der Waals surface area contributed by atoms with Crippen molar-refractivity contribution in [3.63, 3.8) is 0 Å². The predicted molar refractivity (Wildman–Crippen MR) is 59.9 cm³/mol. The maximum atomic E-state index is 12.2. The number of carbonyl (C=O) groups is 1. The van der Waals surface area contributed by atoms with Crippen molar-refractivity contribution >= 4 is 16.0 Å². The Bertz CT molecular complexity index is 526. The van der Waals surface area contributed by atoms with E-state index in [1.165, 1.54) is 4.31 Å². The van der Waals surface area contributed by atoms with Crippen LogP contribution in [0.25, 0.3) is 0 Å². The average molecular weight is 275 g/mol. The molecule has 0 unspecified atom stereocenters. The van der Waals surface area contributed by atoms with Crippen LogP contribution in [0.2, 0.25) is 0 Å². The molecule has 1 aromatic heterocycles. The summed E-state index contributed by atoms with van der Waals surface area (Å²) in [5, 5.41) is 8.35. The molecule has 1 aliphatic rings. The van der Waals surface area contributed by atoms with Crippen molar-refractivity contribution in [2.24, 2.45) is 0 Å². The number of carboxylic acid groups (broad SMARTS) is 1. The van der Waals surface area contributed by atoms with Crippen molar-refractivity contribution in [3.8, 4) is 0 Å². The van der Waals surface area contributed by atoms with Crippen LogP contribution in [0.3, 0.4) is 0 Å². The molecule has 0 radical (unpaired) electrons. The molecule has 2 heterocycles. The van der Waals surface area contributed by atoms with E-state index in [1.54, 1.807) is 0 Å². The first-order chi connectivity index (χ1) is 8.51. The van der Waals surface area contributed by atoms with Crippen LogP contribution in [-0.2, 0) is 14.8 Å². The topological polar surface area (TPSA) is 97.0 Å². The van der Waals surface area contributed by atoms with Gasteiger partial charge in [0.05, 0.1) is 6.61 Å². The van der Waals surface area contributed by atoms with Crippen LogP contribution in [-0.4, -0.2) is 50.1 Å². The molecule has 18 heavy (non-hydrogen) atoms. The summed E-state index contributed by atoms with van der Waals surface area (Å²) < 4.78 is 35.6. The summed E-state index contributed by atoms with van der Waals surface area (Å²) in [7, 11) is -3.77. The second-order valence-electron chi connectivity index (χ2n) is 3.79. The highest BCUT2D eigenvalue weighted by molar-refractivity contribution is 7.89. The van der Waals surface area contributed by atoms with Crippen molar-refractivity contribution in [2.75, 3.05) is 26.3 Å². The number of nitrogens with zero attached hydrogens (tertiary/aromatic N) is 1. The first kappa shape index (κ1) is 13.1. The van der Waals surface area contributed by atoms with Gasteiger partial charge < -0.3 is 14.3 Å². The summed E-state index contributed by atoms with van der Waals surface area (Å²) in [5.74, 6) is -1.68. The smallest absolute Gasteiger partial charge is 0.371 e. The minimum Gasteiger partial charge on any atom is -0.475 e. The van der Waals surface area contributed by atoms with Crippen molar-refractivity contribution in [2.45, 2.75) is 11.5 Å². The third kappa shape index (κ3) is 2.55. The van der Waals surface area contributed by atoms with Crippen molar-refractivity contribution < 1.29 is 27.5 Å². The van der Waals surface area contributed by atoms with Crippen molar-refractivity contribution in [1.29, 1.82) is 0 Å². The largest absolute Gasteiger partial charge is 0.475 e. The number of furan rings is 1. The summed E-state index contributed by atoms with van der Waals surface area (Å²) >= 11 is 0. The molecule has 8 heteroatoms. The van der Waals surface area contributed by atoms with Gasteiger partial charge in [0.2, 0.25) is 10.9 Å². The molecule has 100 valence electrons. The number of sulfonamides is 1. The molecule has 0 amide bonds. The zero-order valence-electron chi connectivity index (χ0n) is 9.53. The Labute approximate surface area is 104 Å². The molecule has 1 aromatic rings. The molecule has 0 atom stereocenters. The normalized spacial score (nSPS) is 18.4. The van der Waals surface area contributed by atoms with Gasteiger partial charge in [-0.05, 0) is 18.6 Å². The lowest BCUT2D eigenvalue weighted by Crippen LogP contribution is -2.33. The van der Waals surface area contributed by atoms with Gasteiger partial charge in [0.1, 0.15) is 0 Å². The van der Waals surface area contributed by atoms with E-state index < -0.39 is 16.0 Å². The number of hydrogen-bond acceptors (Lipinski definition) is 5. The summed E-state index contributed by atoms with van der Waals surface area (Å²) in [6, 6.07) is 2.29. The third-order valence-electron chi connectivity index (χ3n) is 2.57. The monoisotopic (exact) mass is 275 g/mol. The van der Waals surface area contributed by atoms with Gasteiger partial charge in [0.25, 0.3) is 10.0 Å². The Morgan fingerprint density at radius 2 is 2.06 bits per heavy atom. The average Bonchev–Trinajstić information content (AvgIpc) is 2.66. The van der Waals surface area contributed by atoms with Crippen LogP contribution in [0.1, 0.15) is 17.0 Å². The van der Waals surface area contributed by atoms with Gasteiger partial charge in [-0.15, -0.1) is 0 Å². The van der Waals surface area contributed by atoms with Crippen LogP contribution < -0.4 is 0 Å². The highest BCUT2D eigenvalue weighted by atomic mass is 32.2. The first-order valence-corrected chi connectivity index (χ1v) is 6.87. The molecule has 7 nitrogen and oxygen atoms in total. The summed E-state index contributed by atoms with van der Waals surface area (Å²) in [6.07, 6.45) is 0.603. The van der Waals surface area contributed by atoms with E-state index in [1.807, 2.05) is 0 Å². The molecule has 1 aliphatic heterocycles. The van der Waals surface area contributed by atoms with E-state index in [-0.39, 0.29) is 17.4 Å². The molecular weight excluding hydrogens is 262 g/mol. The number of aromatic carboxylic acids is 1. The molecule has 0 bridgehead atoms. The molecule has 1 N–H and O–H groups in total. The van der Waals surface area contributed by atoms with Crippen LogP contribution in [0, 0.1) is 0 Å². The minimum absolute atomic E-state index is 0.242. The second-order valence-corrected chi connectivity index (χ2v) is 5.66. The number of carboxylic acids is 1. The standard InChI is InChI=1S/C10H13NO6S/c12-10(13)8-2-3-9(17-8)18(14,15)11-4-1-6-16-7-5-11/h2-3H,1,4-7H2,(H,12,13). The van der Waals surface area contributed by atoms with E-state index in [0.717, 1.165) is 12.1 Å². The lowest BCUT2D eigenvalue weighted by molar-refractivity contribution is 0.0656. The molecule has 0 aromatic carbocycles. The molecule has 1 saturated heterocycles. The van der Waals surface area contributed by atoms with Crippen molar-refractivity contribution in [1.82, 2.24) is 4.31 Å².